The van der Waals surface area contributed by atoms with Crippen molar-refractivity contribution in [3.63, 3.8) is 0 Å². The zero-order valence-corrected chi connectivity index (χ0v) is 14.4. The summed E-state index contributed by atoms with van der Waals surface area (Å²) in [6.45, 7) is 3.68. The average Bonchev–Trinajstić information content (AvgIpc) is 3.04. The smallest absolute Gasteiger partial charge is 0.331 e. The summed E-state index contributed by atoms with van der Waals surface area (Å²) in [6, 6.07) is 3.76. The molecule has 0 spiro atoms. The minimum absolute atomic E-state index is 0.333. The van der Waals surface area contributed by atoms with Crippen molar-refractivity contribution >= 4 is 34.7 Å². The predicted molar refractivity (Wildman–Crippen MR) is 93.5 cm³/mol. The van der Waals surface area contributed by atoms with Gasteiger partial charge in [0.25, 0.3) is 0 Å². The molecule has 0 fully saturated rings. The number of carbonyl (C=O) groups is 1. The topological polar surface area (TPSA) is 72.9 Å². The molecule has 3 rings (SSSR count). The Balaban J connectivity index is 2.26. The number of aromatic nitrogens is 4. The van der Waals surface area contributed by atoms with E-state index in [9.17, 15) is 9.90 Å². The third-order valence-electron chi connectivity index (χ3n) is 3.93. The molecule has 0 aliphatic carbocycles. The van der Waals surface area contributed by atoms with Gasteiger partial charge in [0.15, 0.2) is 0 Å². The number of hydrogen-bond acceptors (Lipinski definition) is 3. The van der Waals surface area contributed by atoms with Crippen LogP contribution in [0.15, 0.2) is 30.1 Å². The number of hydrogen-bond donors (Lipinski definition) is 1. The fourth-order valence-corrected chi connectivity index (χ4v) is 2.94. The molecule has 0 bridgehead atoms. The Kier molecular flexibility index (Phi) is 4.15. The molecule has 0 aromatic carbocycles. The predicted octanol–water partition coefficient (Wildman–Crippen LogP) is 3.60. The number of nitrogens with zero attached hydrogens (tertiary/aromatic N) is 4. The molecular formula is C17H17ClN4O2. The summed E-state index contributed by atoms with van der Waals surface area (Å²) in [7, 11) is 1.83. The Hall–Kier alpha value is -2.60. The quantitative estimate of drug-likeness (QED) is 0.734. The highest BCUT2D eigenvalue weighted by atomic mass is 35.5. The van der Waals surface area contributed by atoms with Gasteiger partial charge in [0, 0.05) is 36.0 Å². The molecule has 3 heterocycles. The number of rotatable bonds is 4. The second-order valence-electron chi connectivity index (χ2n) is 5.53. The van der Waals surface area contributed by atoms with E-state index in [4.69, 9.17) is 11.6 Å². The Morgan fingerprint density at radius 2 is 2.21 bits per heavy atom. The van der Waals surface area contributed by atoms with E-state index in [1.54, 1.807) is 17.0 Å². The average molecular weight is 345 g/mol. The van der Waals surface area contributed by atoms with Crippen molar-refractivity contribution in [2.45, 2.75) is 20.3 Å². The molecule has 0 saturated carbocycles. The number of carboxylic acids is 1. The summed E-state index contributed by atoms with van der Waals surface area (Å²) >= 11 is 6.00. The zero-order chi connectivity index (χ0) is 17.4. The van der Waals surface area contributed by atoms with E-state index in [0.717, 1.165) is 28.1 Å². The normalized spacial score (nSPS) is 12.1. The minimum atomic E-state index is -0.922. The van der Waals surface area contributed by atoms with E-state index in [-0.39, 0.29) is 0 Å². The van der Waals surface area contributed by atoms with Crippen LogP contribution in [0.3, 0.4) is 0 Å². The van der Waals surface area contributed by atoms with Crippen LogP contribution >= 0.6 is 11.6 Å². The fraction of sp³-hybridized carbons (Fsp3) is 0.235. The maximum Gasteiger partial charge on any atom is 0.331 e. The zero-order valence-electron chi connectivity index (χ0n) is 13.6. The van der Waals surface area contributed by atoms with Gasteiger partial charge in [0.1, 0.15) is 11.5 Å². The first-order chi connectivity index (χ1) is 11.4. The summed E-state index contributed by atoms with van der Waals surface area (Å²) < 4.78 is 3.62. The number of aryl methyl sites for hydroxylation is 2. The van der Waals surface area contributed by atoms with Crippen LogP contribution in [0, 0.1) is 6.92 Å². The first-order valence-corrected chi connectivity index (χ1v) is 7.90. The van der Waals surface area contributed by atoms with Crippen LogP contribution in [0.5, 0.6) is 0 Å². The lowest BCUT2D eigenvalue weighted by Crippen LogP contribution is -2.05. The molecule has 124 valence electrons. The van der Waals surface area contributed by atoms with Gasteiger partial charge in [-0.15, -0.1) is 0 Å². The third kappa shape index (κ3) is 2.69. The van der Waals surface area contributed by atoms with Crippen LogP contribution < -0.4 is 0 Å². The van der Waals surface area contributed by atoms with E-state index in [1.807, 2.05) is 43.8 Å². The van der Waals surface area contributed by atoms with E-state index in [1.165, 1.54) is 0 Å². The molecule has 0 saturated heterocycles. The molecule has 0 radical (unpaired) electrons. The summed E-state index contributed by atoms with van der Waals surface area (Å²) in [6.07, 6.45) is 5.59. The summed E-state index contributed by atoms with van der Waals surface area (Å²) in [5.74, 6) is -0.154. The number of halogens is 1. The lowest BCUT2D eigenvalue weighted by atomic mass is 10.1. The van der Waals surface area contributed by atoms with Gasteiger partial charge in [-0.1, -0.05) is 18.5 Å². The molecular weight excluding hydrogens is 328 g/mol. The van der Waals surface area contributed by atoms with Gasteiger partial charge in [-0.3, -0.25) is 9.25 Å². The molecule has 6 nitrogen and oxygen atoms in total. The molecule has 7 heteroatoms. The number of fused-ring (bicyclic) bond motifs is 1. The van der Waals surface area contributed by atoms with E-state index in [0.29, 0.717) is 17.0 Å². The van der Waals surface area contributed by atoms with Crippen LogP contribution in [0.2, 0.25) is 5.02 Å². The van der Waals surface area contributed by atoms with Gasteiger partial charge in [0.05, 0.1) is 10.7 Å². The number of carboxylic acid groups (broad SMARTS) is 1. The maximum absolute atomic E-state index is 11.4. The minimum Gasteiger partial charge on any atom is -0.478 e. The van der Waals surface area contributed by atoms with Crippen LogP contribution in [0.4, 0.5) is 0 Å². The molecule has 0 aliphatic rings. The van der Waals surface area contributed by atoms with Crippen LogP contribution in [0.25, 0.3) is 22.9 Å². The van der Waals surface area contributed by atoms with Gasteiger partial charge in [-0.25, -0.2) is 9.78 Å². The molecule has 1 N–H and O–H groups in total. The number of aliphatic carboxylic acids is 1. The highest BCUT2D eigenvalue weighted by molar-refractivity contribution is 6.31. The van der Waals surface area contributed by atoms with Gasteiger partial charge in [-0.2, -0.15) is 5.10 Å². The van der Waals surface area contributed by atoms with Gasteiger partial charge in [-0.05, 0) is 31.6 Å². The molecule has 0 amide bonds. The second kappa shape index (κ2) is 6.13. The van der Waals surface area contributed by atoms with Crippen molar-refractivity contribution in [3.05, 3.63) is 46.4 Å². The molecule has 0 unspecified atom stereocenters. The number of pyridine rings is 1. The monoisotopic (exact) mass is 344 g/mol. The first-order valence-electron chi connectivity index (χ1n) is 7.52. The maximum atomic E-state index is 11.4. The highest BCUT2D eigenvalue weighted by Gasteiger charge is 2.17. The third-order valence-corrected chi connectivity index (χ3v) is 4.14. The molecule has 24 heavy (non-hydrogen) atoms. The van der Waals surface area contributed by atoms with Gasteiger partial charge < -0.3 is 5.11 Å². The van der Waals surface area contributed by atoms with Crippen LogP contribution in [-0.4, -0.2) is 30.4 Å². The summed E-state index contributed by atoms with van der Waals surface area (Å²) in [5.41, 5.74) is 2.60. The molecule has 0 aliphatic heterocycles. The van der Waals surface area contributed by atoms with Crippen molar-refractivity contribution < 1.29 is 9.90 Å². The molecule has 3 aromatic rings. The Morgan fingerprint density at radius 3 is 2.88 bits per heavy atom. The SMILES string of the molecule is CC/C(=C\c1c(C)nn(C)c1-n1ccc2cc(Cl)cnc21)C(=O)O. The van der Waals surface area contributed by atoms with Crippen LogP contribution in [0.1, 0.15) is 24.6 Å². The van der Waals surface area contributed by atoms with Crippen molar-refractivity contribution in [2.75, 3.05) is 0 Å². The standard InChI is InChI=1S/C17H17ClN4O2/c1-4-11(17(23)24)8-14-10(2)20-21(3)16(14)22-6-5-12-7-13(18)9-19-15(12)22/h5-9H,4H2,1-3H3,(H,23,24)/b11-8+. The largest absolute Gasteiger partial charge is 0.478 e. The summed E-state index contributed by atoms with van der Waals surface area (Å²) in [5, 5.41) is 15.2. The lowest BCUT2D eigenvalue weighted by Gasteiger charge is -2.08. The Morgan fingerprint density at radius 1 is 1.46 bits per heavy atom. The Bertz CT molecular complexity index is 969. The van der Waals surface area contributed by atoms with Crippen molar-refractivity contribution in [2.24, 2.45) is 7.05 Å². The van der Waals surface area contributed by atoms with E-state index >= 15 is 0 Å². The summed E-state index contributed by atoms with van der Waals surface area (Å²) in [4.78, 5) is 15.8. The molecule has 0 atom stereocenters. The van der Waals surface area contributed by atoms with E-state index < -0.39 is 5.97 Å². The second-order valence-corrected chi connectivity index (χ2v) is 5.96. The van der Waals surface area contributed by atoms with Crippen molar-refractivity contribution in [1.82, 2.24) is 19.3 Å². The Labute approximate surface area is 144 Å². The van der Waals surface area contributed by atoms with Crippen LogP contribution in [-0.2, 0) is 11.8 Å². The van der Waals surface area contributed by atoms with Crippen molar-refractivity contribution in [1.29, 1.82) is 0 Å². The fourth-order valence-electron chi connectivity index (χ4n) is 2.77. The first kappa shape index (κ1) is 16.3. The lowest BCUT2D eigenvalue weighted by molar-refractivity contribution is -0.132. The van der Waals surface area contributed by atoms with E-state index in [2.05, 4.69) is 10.1 Å². The van der Waals surface area contributed by atoms with Crippen molar-refractivity contribution in [3.8, 4) is 5.82 Å². The van der Waals surface area contributed by atoms with Gasteiger partial charge >= 0.3 is 5.97 Å². The highest BCUT2D eigenvalue weighted by Crippen LogP contribution is 2.26. The molecule has 3 aromatic heterocycles. The van der Waals surface area contributed by atoms with Gasteiger partial charge in [0.2, 0.25) is 0 Å².